The summed E-state index contributed by atoms with van der Waals surface area (Å²) in [5, 5.41) is 68.5. The minimum atomic E-state index is -1.29. The number of aliphatic hydroxyl groups is 6. The van der Waals surface area contributed by atoms with Crippen LogP contribution in [0.1, 0.15) is 210 Å². The molecule has 0 spiro atoms. The molecule has 2 aliphatic heterocycles. The molecule has 6 N–H and O–H groups in total. The van der Waals surface area contributed by atoms with Gasteiger partial charge in [0.2, 0.25) is 0 Å². The highest BCUT2D eigenvalue weighted by atomic mass is 79.9. The van der Waals surface area contributed by atoms with Crippen LogP contribution in [0, 0.1) is 23.2 Å². The topological polar surface area (TPSA) is 192 Å². The molecule has 0 radical (unpaired) electrons. The highest BCUT2D eigenvalue weighted by Crippen LogP contribution is 2.41. The molecule has 12 nitrogen and oxygen atoms in total. The lowest BCUT2D eigenvalue weighted by Crippen LogP contribution is -2.48. The zero-order valence-electron chi connectivity index (χ0n) is 45.1. The number of halogens is 1. The number of fused-ring (bicyclic) bond motifs is 2. The molecule has 2 rings (SSSR count). The Bertz CT molecular complexity index is 1630. The van der Waals surface area contributed by atoms with Crippen LogP contribution in [0.4, 0.5) is 0 Å². The number of ether oxygens (including phenoxy) is 4. The van der Waals surface area contributed by atoms with Crippen LogP contribution in [-0.4, -0.2) is 110 Å². The van der Waals surface area contributed by atoms with Crippen LogP contribution in [0.25, 0.3) is 0 Å². The van der Waals surface area contributed by atoms with E-state index < -0.39 is 71.7 Å². The summed E-state index contributed by atoms with van der Waals surface area (Å²) in [6, 6.07) is 0. The number of methoxy groups -OCH3 is 1. The average Bonchev–Trinajstić information content (AvgIpc) is 3.58. The predicted octanol–water partition coefficient (Wildman–Crippen LogP) is 11.4. The van der Waals surface area contributed by atoms with Gasteiger partial charge in [0.05, 0.1) is 43.7 Å². The summed E-state index contributed by atoms with van der Waals surface area (Å²) in [4.78, 5) is 27.8. The smallest absolute Gasteiger partial charge is 0.331 e. The minimum Gasteiger partial charge on any atom is -0.496 e. The lowest BCUT2D eigenvalue weighted by molar-refractivity contribution is -0.164. The summed E-state index contributed by atoms with van der Waals surface area (Å²) in [5.41, 5.74) is -0.369. The summed E-state index contributed by atoms with van der Waals surface area (Å²) in [7, 11) is 1.52. The van der Waals surface area contributed by atoms with E-state index in [0.29, 0.717) is 49.0 Å². The third kappa shape index (κ3) is 23.0. The number of aliphatic hydroxyl groups excluding tert-OH is 6. The zero-order chi connectivity index (χ0) is 52.6. The number of carbonyl (C=O) groups excluding carboxylic acids is 2. The van der Waals surface area contributed by atoms with Crippen molar-refractivity contribution >= 4 is 27.9 Å². The molecule has 2 heterocycles. The predicted molar refractivity (Wildman–Crippen MR) is 283 cm³/mol. The molecule has 13 heteroatoms. The number of allylic oxidation sites excluding steroid dienone is 2. The summed E-state index contributed by atoms with van der Waals surface area (Å²) >= 11 is 3.29. The van der Waals surface area contributed by atoms with Crippen molar-refractivity contribution in [1.82, 2.24) is 0 Å². The van der Waals surface area contributed by atoms with Crippen LogP contribution < -0.4 is 0 Å². The largest absolute Gasteiger partial charge is 0.496 e. The Balaban J connectivity index is 2.03. The van der Waals surface area contributed by atoms with Crippen molar-refractivity contribution in [3.05, 3.63) is 46.2 Å². The van der Waals surface area contributed by atoms with E-state index >= 15 is 0 Å². The molecule has 0 aliphatic carbocycles. The van der Waals surface area contributed by atoms with Crippen LogP contribution in [0.2, 0.25) is 0 Å². The van der Waals surface area contributed by atoms with Crippen LogP contribution >= 0.6 is 15.9 Å². The summed E-state index contributed by atoms with van der Waals surface area (Å²) < 4.78 is 23.8. The number of carbonyl (C=O) groups is 2. The van der Waals surface area contributed by atoms with Crippen molar-refractivity contribution in [2.45, 2.75) is 271 Å². The molecule has 0 saturated carbocycles. The quantitative estimate of drug-likeness (QED) is 0.0127. The minimum absolute atomic E-state index is 0.0243. The van der Waals surface area contributed by atoms with Gasteiger partial charge in [-0.1, -0.05) is 158 Å². The van der Waals surface area contributed by atoms with Gasteiger partial charge in [0, 0.05) is 54.5 Å². The summed E-state index contributed by atoms with van der Waals surface area (Å²) in [6.45, 7) is 21.0. The third-order valence-corrected chi connectivity index (χ3v) is 15.6. The lowest BCUT2D eigenvalue weighted by Gasteiger charge is -2.38. The fraction of sp³-hybridized carbons (Fsp3) is 0.825. The van der Waals surface area contributed by atoms with E-state index in [0.717, 1.165) is 31.3 Å². The second kappa shape index (κ2) is 33.0. The van der Waals surface area contributed by atoms with Crippen molar-refractivity contribution in [3.8, 4) is 0 Å². The van der Waals surface area contributed by atoms with Crippen molar-refractivity contribution in [3.63, 3.8) is 0 Å². The molecule has 0 aromatic carbocycles. The molecular formula is C57H99BrO12. The van der Waals surface area contributed by atoms with Crippen molar-refractivity contribution in [2.75, 3.05) is 7.11 Å². The molecule has 0 aromatic rings. The first kappa shape index (κ1) is 64.0. The van der Waals surface area contributed by atoms with Crippen molar-refractivity contribution < 1.29 is 59.2 Å². The Labute approximate surface area is 432 Å². The first-order valence-electron chi connectivity index (χ1n) is 27.0. The second-order valence-corrected chi connectivity index (χ2v) is 22.9. The highest BCUT2D eigenvalue weighted by molar-refractivity contribution is 9.11. The Morgan fingerprint density at radius 1 is 0.886 bits per heavy atom. The van der Waals surface area contributed by atoms with E-state index in [9.17, 15) is 40.2 Å². The van der Waals surface area contributed by atoms with Gasteiger partial charge in [-0.3, -0.25) is 4.79 Å². The number of hydrogen-bond donors (Lipinski definition) is 6. The molecule has 406 valence electrons. The van der Waals surface area contributed by atoms with E-state index in [-0.39, 0.29) is 56.0 Å². The van der Waals surface area contributed by atoms with Gasteiger partial charge in [0.15, 0.2) is 0 Å². The molecule has 70 heavy (non-hydrogen) atoms. The van der Waals surface area contributed by atoms with E-state index in [1.807, 2.05) is 6.92 Å². The van der Waals surface area contributed by atoms with E-state index in [4.69, 9.17) is 18.9 Å². The maximum absolute atomic E-state index is 13.1. The molecule has 1 fully saturated rings. The first-order chi connectivity index (χ1) is 33.0. The molecule has 1 saturated heterocycles. The third-order valence-electron chi connectivity index (χ3n) is 15.2. The van der Waals surface area contributed by atoms with Gasteiger partial charge in [-0.25, -0.2) is 4.79 Å². The molecule has 0 aromatic heterocycles. The Morgan fingerprint density at radius 2 is 1.44 bits per heavy atom. The fourth-order valence-electron chi connectivity index (χ4n) is 10.3. The van der Waals surface area contributed by atoms with Gasteiger partial charge in [-0.2, -0.15) is 0 Å². The number of rotatable bonds is 31. The highest BCUT2D eigenvalue weighted by Gasteiger charge is 2.52. The fourth-order valence-corrected chi connectivity index (χ4v) is 10.8. The zero-order valence-corrected chi connectivity index (χ0v) is 46.7. The second-order valence-electron chi connectivity index (χ2n) is 22.4. The molecule has 13 unspecified atom stereocenters. The van der Waals surface area contributed by atoms with Crippen LogP contribution in [0.5, 0.6) is 0 Å². The van der Waals surface area contributed by atoms with Gasteiger partial charge in [0.25, 0.3) is 0 Å². The van der Waals surface area contributed by atoms with Gasteiger partial charge in [0.1, 0.15) is 29.7 Å². The maximum atomic E-state index is 13.1. The Hall–Kier alpha value is -2.10. The Morgan fingerprint density at radius 3 is 2.01 bits per heavy atom. The van der Waals surface area contributed by atoms with Gasteiger partial charge in [-0.05, 0) is 76.7 Å². The van der Waals surface area contributed by atoms with Crippen LogP contribution in [0.15, 0.2) is 46.2 Å². The normalized spacial score (nSPS) is 26.2. The van der Waals surface area contributed by atoms with Crippen molar-refractivity contribution in [2.24, 2.45) is 23.2 Å². The van der Waals surface area contributed by atoms with E-state index in [1.54, 1.807) is 45.7 Å². The molecular weight excluding hydrogens is 957 g/mol. The Kier molecular flexibility index (Phi) is 30.1. The van der Waals surface area contributed by atoms with Gasteiger partial charge < -0.3 is 49.6 Å². The monoisotopic (exact) mass is 1050 g/mol. The van der Waals surface area contributed by atoms with Gasteiger partial charge >= 0.3 is 11.9 Å². The first-order valence-corrected chi connectivity index (χ1v) is 27.9. The lowest BCUT2D eigenvalue weighted by atomic mass is 9.75. The molecule has 13 atom stereocenters. The number of unbranched alkanes of at least 4 members (excludes halogenated alkanes) is 12. The maximum Gasteiger partial charge on any atom is 0.331 e. The van der Waals surface area contributed by atoms with Gasteiger partial charge in [-0.15, -0.1) is 0 Å². The SMILES string of the molecule is C=C(CC(CC(O)C(C)C(O)CC(O)C(C)(C)C(O)CC(C)=CC(O)C1(C)OC2CC(C)CC(O)CC(C)CC(C)=CC(=O)OC1C2)OC(=O)CCCCCCCCCCCCCCC)C(=CBr)OC. The van der Waals surface area contributed by atoms with Crippen LogP contribution in [0.3, 0.4) is 0 Å². The van der Waals surface area contributed by atoms with Crippen LogP contribution in [-0.2, 0) is 28.5 Å². The molecule has 0 amide bonds. The van der Waals surface area contributed by atoms with E-state index in [1.165, 1.54) is 71.0 Å². The average molecular weight is 1060 g/mol. The van der Waals surface area contributed by atoms with Crippen molar-refractivity contribution in [1.29, 1.82) is 0 Å². The standard InChI is InChI=1S/C57H99BrO12/c1-12-13-14-15-16-17-18-19-20-21-22-23-24-25-54(65)68-45(33-42(6)49(37-58)67-11)34-47(60)43(7)48(61)36-51(63)56(8,9)50(62)30-41(5)31-52(64)57(10)53-35-46(70-57)29-40(4)28-44(59)27-38(2)26-39(3)32-55(66)69-53/h31-32,37-38,40,43-48,50-53,59-64H,6,12-30,33-36H2,1-5,7-11H3. The molecule has 2 aliphatic rings. The molecule has 2 bridgehead atoms. The van der Waals surface area contributed by atoms with E-state index in [2.05, 4.69) is 43.3 Å². The summed E-state index contributed by atoms with van der Waals surface area (Å²) in [5.74, 6) is -0.786. The number of esters is 2. The number of hydrogen-bond acceptors (Lipinski definition) is 12. The summed E-state index contributed by atoms with van der Waals surface area (Å²) in [6.07, 6.45) is 14.0.